The first-order valence-electron chi connectivity index (χ1n) is 12.7. The first-order chi connectivity index (χ1) is 18.2. The van der Waals surface area contributed by atoms with Crippen LogP contribution >= 0.6 is 0 Å². The number of fused-ring (bicyclic) bond motifs is 6. The molecule has 4 aromatic rings. The predicted molar refractivity (Wildman–Crippen MR) is 135 cm³/mol. The number of pyridine rings is 1. The van der Waals surface area contributed by atoms with Gasteiger partial charge in [0.25, 0.3) is 0 Å². The highest BCUT2D eigenvalue weighted by Crippen LogP contribution is 2.44. The lowest BCUT2D eigenvalue weighted by Crippen LogP contribution is -2.60. The van der Waals surface area contributed by atoms with Crippen molar-refractivity contribution in [2.45, 2.75) is 30.8 Å². The maximum atomic E-state index is 13.4. The minimum atomic E-state index is -0.322. The third-order valence-corrected chi connectivity index (χ3v) is 8.01. The summed E-state index contributed by atoms with van der Waals surface area (Å²) in [5.41, 5.74) is 6.11. The van der Waals surface area contributed by atoms with E-state index in [0.717, 1.165) is 0 Å². The van der Waals surface area contributed by atoms with Crippen molar-refractivity contribution in [1.82, 2.24) is 19.5 Å². The second-order valence-electron chi connectivity index (χ2n) is 10.1. The predicted octanol–water partition coefficient (Wildman–Crippen LogP) is 4.34. The van der Waals surface area contributed by atoms with Gasteiger partial charge in [0.2, 0.25) is 0 Å². The summed E-state index contributed by atoms with van der Waals surface area (Å²) in [4.78, 5) is 28.6. The summed E-state index contributed by atoms with van der Waals surface area (Å²) in [5, 5.41) is 7.89. The maximum absolute atomic E-state index is 13.4. The third kappa shape index (κ3) is 3.71. The van der Waals surface area contributed by atoms with Gasteiger partial charge in [-0.1, -0.05) is 48.5 Å². The van der Waals surface area contributed by atoms with Crippen molar-refractivity contribution in [3.63, 3.8) is 0 Å². The molecule has 8 heteroatoms. The Morgan fingerprint density at radius 3 is 2.30 bits per heavy atom. The third-order valence-electron chi connectivity index (χ3n) is 8.01. The molecule has 7 rings (SSSR count). The fraction of sp³-hybridized carbons (Fsp3) is 0.310. The number of aromatic nitrogens is 3. The molecule has 8 nitrogen and oxygen atoms in total. The quantitative estimate of drug-likeness (QED) is 0.393. The van der Waals surface area contributed by atoms with Crippen molar-refractivity contribution in [2.24, 2.45) is 5.92 Å². The molecule has 1 amide bonds. The SMILES string of the molecule is O=C(c1ccc2nncn2c1)C1CC2COCC(C1)N2C(=O)OCC1c2ccccc2-c2ccccc21. The number of rotatable bonds is 4. The molecule has 2 fully saturated rings. The van der Waals surface area contributed by atoms with E-state index >= 15 is 0 Å². The van der Waals surface area contributed by atoms with Crippen molar-refractivity contribution < 1.29 is 19.1 Å². The van der Waals surface area contributed by atoms with Gasteiger partial charge in [0.05, 0.1) is 25.3 Å². The van der Waals surface area contributed by atoms with Gasteiger partial charge in [-0.15, -0.1) is 10.2 Å². The Morgan fingerprint density at radius 2 is 1.59 bits per heavy atom. The highest BCUT2D eigenvalue weighted by molar-refractivity contribution is 5.98. The smallest absolute Gasteiger partial charge is 0.410 e. The van der Waals surface area contributed by atoms with E-state index in [2.05, 4.69) is 34.5 Å². The summed E-state index contributed by atoms with van der Waals surface area (Å²) in [5.74, 6) is -0.0794. The highest BCUT2D eigenvalue weighted by atomic mass is 16.6. The average Bonchev–Trinajstić information content (AvgIpc) is 3.53. The molecule has 0 N–H and O–H groups in total. The minimum absolute atomic E-state index is 0.0131. The minimum Gasteiger partial charge on any atom is -0.448 e. The summed E-state index contributed by atoms with van der Waals surface area (Å²) in [6.45, 7) is 1.11. The van der Waals surface area contributed by atoms with Crippen LogP contribution in [0, 0.1) is 5.92 Å². The molecule has 2 saturated heterocycles. The Morgan fingerprint density at radius 1 is 0.919 bits per heavy atom. The number of hydrogen-bond donors (Lipinski definition) is 0. The Balaban J connectivity index is 1.07. The Labute approximate surface area is 213 Å². The van der Waals surface area contributed by atoms with E-state index in [4.69, 9.17) is 9.47 Å². The molecule has 2 bridgehead atoms. The number of piperidine rings is 1. The summed E-state index contributed by atoms with van der Waals surface area (Å²) in [7, 11) is 0. The van der Waals surface area contributed by atoms with Crippen molar-refractivity contribution in [3.8, 4) is 11.1 Å². The van der Waals surface area contributed by atoms with Gasteiger partial charge < -0.3 is 9.47 Å². The number of amides is 1. The van der Waals surface area contributed by atoms with Crippen molar-refractivity contribution >= 4 is 17.5 Å². The normalized spacial score (nSPS) is 22.5. The van der Waals surface area contributed by atoms with E-state index in [1.165, 1.54) is 22.3 Å². The summed E-state index contributed by atoms with van der Waals surface area (Å²) >= 11 is 0. The van der Waals surface area contributed by atoms with E-state index in [1.54, 1.807) is 29.1 Å². The molecule has 2 aromatic heterocycles. The molecular weight excluding hydrogens is 468 g/mol. The van der Waals surface area contributed by atoms with E-state index in [0.29, 0.717) is 37.3 Å². The number of carbonyl (C=O) groups excluding carboxylic acids is 2. The molecule has 0 saturated carbocycles. The van der Waals surface area contributed by atoms with E-state index in [-0.39, 0.29) is 42.4 Å². The second kappa shape index (κ2) is 8.81. The van der Waals surface area contributed by atoms with Crippen LogP contribution in [0.15, 0.2) is 73.2 Å². The van der Waals surface area contributed by atoms with Crippen molar-refractivity contribution in [1.29, 1.82) is 0 Å². The molecule has 4 heterocycles. The summed E-state index contributed by atoms with van der Waals surface area (Å²) < 4.78 is 13.5. The van der Waals surface area contributed by atoms with E-state index in [1.807, 2.05) is 29.2 Å². The van der Waals surface area contributed by atoms with Crippen LogP contribution in [0.3, 0.4) is 0 Å². The Bertz CT molecular complexity index is 1460. The van der Waals surface area contributed by atoms with Crippen molar-refractivity contribution in [3.05, 3.63) is 89.9 Å². The second-order valence-corrected chi connectivity index (χ2v) is 10.1. The number of Topliss-reactive ketones (excluding diaryl/α,β-unsaturated/α-hetero) is 1. The van der Waals surface area contributed by atoms with Crippen LogP contribution < -0.4 is 0 Å². The standard InChI is InChI=1S/C29H26N4O4/c34-28(18-9-10-27-31-30-17-32(27)13-18)19-11-20-14-36-15-21(12-19)33(20)29(35)37-16-26-24-7-3-1-5-22(24)23-6-2-4-8-25(23)26/h1-10,13,17,19-21,26H,11-12,14-16H2. The largest absolute Gasteiger partial charge is 0.448 e. The van der Waals surface area contributed by atoms with Crippen LogP contribution in [0.2, 0.25) is 0 Å². The van der Waals surface area contributed by atoms with Crippen molar-refractivity contribution in [2.75, 3.05) is 19.8 Å². The molecule has 2 aromatic carbocycles. The molecule has 37 heavy (non-hydrogen) atoms. The number of morpholine rings is 1. The lowest BCUT2D eigenvalue weighted by molar-refractivity contribution is -0.0747. The zero-order valence-electron chi connectivity index (χ0n) is 20.2. The van der Waals surface area contributed by atoms with Gasteiger partial charge in [0, 0.05) is 23.6 Å². The van der Waals surface area contributed by atoms with Gasteiger partial charge in [0.1, 0.15) is 12.9 Å². The van der Waals surface area contributed by atoms with E-state index in [9.17, 15) is 9.59 Å². The van der Waals surface area contributed by atoms with Gasteiger partial charge in [-0.25, -0.2) is 4.79 Å². The van der Waals surface area contributed by atoms with E-state index < -0.39 is 0 Å². The lowest BCUT2D eigenvalue weighted by atomic mass is 9.81. The first-order valence-corrected chi connectivity index (χ1v) is 12.7. The fourth-order valence-electron chi connectivity index (χ4n) is 6.30. The Hall–Kier alpha value is -4.04. The zero-order chi connectivity index (χ0) is 24.9. The zero-order valence-corrected chi connectivity index (χ0v) is 20.2. The van der Waals surface area contributed by atoms with Gasteiger partial charge >= 0.3 is 6.09 Å². The van der Waals surface area contributed by atoms with Gasteiger partial charge in [-0.3, -0.25) is 14.1 Å². The summed E-state index contributed by atoms with van der Waals surface area (Å²) in [6, 6.07) is 19.9. The number of ketones is 1. The monoisotopic (exact) mass is 494 g/mol. The molecule has 2 unspecified atom stereocenters. The fourth-order valence-corrected chi connectivity index (χ4v) is 6.30. The van der Waals surface area contributed by atoms with Crippen LogP contribution in [0.1, 0.15) is 40.2 Å². The number of carbonyl (C=O) groups is 2. The maximum Gasteiger partial charge on any atom is 0.410 e. The van der Waals surface area contributed by atoms with Crippen LogP contribution in [-0.4, -0.2) is 63.3 Å². The van der Waals surface area contributed by atoms with Crippen LogP contribution in [0.5, 0.6) is 0 Å². The number of nitrogens with zero attached hydrogens (tertiary/aromatic N) is 4. The lowest BCUT2D eigenvalue weighted by Gasteiger charge is -2.47. The summed E-state index contributed by atoms with van der Waals surface area (Å²) in [6.07, 6.45) is 4.16. The number of hydrogen-bond acceptors (Lipinski definition) is 6. The molecule has 3 aliphatic rings. The topological polar surface area (TPSA) is 86.0 Å². The molecule has 1 aliphatic carbocycles. The van der Waals surface area contributed by atoms with Crippen LogP contribution in [0.4, 0.5) is 4.79 Å². The Kier molecular flexibility index (Phi) is 5.28. The average molecular weight is 495 g/mol. The van der Waals surface area contributed by atoms with Gasteiger partial charge in [-0.05, 0) is 47.2 Å². The molecule has 0 spiro atoms. The molecule has 2 atom stereocenters. The molecule has 0 radical (unpaired) electrons. The van der Waals surface area contributed by atoms with Gasteiger partial charge in [-0.2, -0.15) is 0 Å². The highest BCUT2D eigenvalue weighted by Gasteiger charge is 2.45. The van der Waals surface area contributed by atoms with Crippen LogP contribution in [-0.2, 0) is 9.47 Å². The van der Waals surface area contributed by atoms with Gasteiger partial charge in [0.15, 0.2) is 11.4 Å². The first kappa shape index (κ1) is 22.2. The van der Waals surface area contributed by atoms with Crippen LogP contribution in [0.25, 0.3) is 16.8 Å². The molecule has 186 valence electrons. The molecule has 2 aliphatic heterocycles. The number of ether oxygens (including phenoxy) is 2. The number of benzene rings is 2. The molecular formula is C29H26N4O4.